The molecule has 11 heteroatoms. The van der Waals surface area contributed by atoms with E-state index in [2.05, 4.69) is 20.5 Å². The number of anilines is 1. The number of carbonyl (C=O) groups is 2. The van der Waals surface area contributed by atoms with Crippen LogP contribution < -0.4 is 16.3 Å². The van der Waals surface area contributed by atoms with Gasteiger partial charge in [0.15, 0.2) is 6.29 Å². The Bertz CT molecular complexity index is 1740. The first-order valence-electron chi connectivity index (χ1n) is 17.4. The number of H-pyrrole nitrogens is 1. The lowest BCUT2D eigenvalue weighted by Crippen LogP contribution is -2.43. The molecule has 1 aromatic heterocycles. The molecule has 6 rings (SSSR count). The molecule has 2 amide bonds. The molecule has 2 saturated heterocycles. The summed E-state index contributed by atoms with van der Waals surface area (Å²) in [7, 11) is 0. The van der Waals surface area contributed by atoms with Crippen molar-refractivity contribution >= 4 is 28.5 Å². The number of ether oxygens (including phenoxy) is 2. The van der Waals surface area contributed by atoms with Crippen LogP contribution in [0, 0.1) is 0 Å². The van der Waals surface area contributed by atoms with Crippen molar-refractivity contribution in [2.45, 2.75) is 83.0 Å². The number of aliphatic hydroxyl groups excluding tert-OH is 1. The number of nitrogens with one attached hydrogen (secondary N) is 3. The van der Waals surface area contributed by atoms with Gasteiger partial charge in [0.1, 0.15) is 0 Å². The van der Waals surface area contributed by atoms with Crippen LogP contribution in [0.2, 0.25) is 0 Å². The molecular weight excluding hydrogens is 622 g/mol. The highest BCUT2D eigenvalue weighted by Gasteiger charge is 2.34. The van der Waals surface area contributed by atoms with Gasteiger partial charge in [-0.2, -0.15) is 0 Å². The summed E-state index contributed by atoms with van der Waals surface area (Å²) in [6.07, 6.45) is 4.49. The number of rotatable bonds is 13. The van der Waals surface area contributed by atoms with E-state index in [1.54, 1.807) is 0 Å². The van der Waals surface area contributed by atoms with Crippen LogP contribution in [0.1, 0.15) is 87.0 Å². The van der Waals surface area contributed by atoms with E-state index >= 15 is 0 Å². The van der Waals surface area contributed by atoms with Crippen molar-refractivity contribution < 1.29 is 24.2 Å². The monoisotopic (exact) mass is 669 g/mol. The highest BCUT2D eigenvalue weighted by molar-refractivity contribution is 5.90. The molecule has 4 N–H and O–H groups in total. The van der Waals surface area contributed by atoms with Crippen LogP contribution in [0.3, 0.4) is 0 Å². The maximum Gasteiger partial charge on any atom is 0.326 e. The SMILES string of the molecule is CC(=O)NCCCCCC(=O)Nc1ccc([C@H]2O[C@@H](CN3CCC(n4c(=O)[nH]c5ccccc54)CC3)C[C@@H](c3ccc(CO)cc3)O2)cc1. The number of para-hydroxylation sites is 2. The topological polar surface area (TPSA) is 138 Å². The van der Waals surface area contributed by atoms with Crippen LogP contribution in [-0.2, 0) is 25.7 Å². The lowest BCUT2D eigenvalue weighted by Gasteiger charge is -2.40. The van der Waals surface area contributed by atoms with E-state index in [-0.39, 0.29) is 42.4 Å². The Balaban J connectivity index is 1.07. The van der Waals surface area contributed by atoms with E-state index in [4.69, 9.17) is 9.47 Å². The number of carbonyl (C=O) groups excluding carboxylic acids is 2. The Morgan fingerprint density at radius 1 is 0.918 bits per heavy atom. The van der Waals surface area contributed by atoms with Gasteiger partial charge in [0.2, 0.25) is 11.8 Å². The fourth-order valence-corrected chi connectivity index (χ4v) is 6.92. The number of hydrogen-bond acceptors (Lipinski definition) is 7. The van der Waals surface area contributed by atoms with E-state index in [0.29, 0.717) is 25.1 Å². The molecule has 0 aliphatic carbocycles. The van der Waals surface area contributed by atoms with Gasteiger partial charge in [-0.25, -0.2) is 4.79 Å². The summed E-state index contributed by atoms with van der Waals surface area (Å²) in [6, 6.07) is 23.5. The number of aromatic amines is 1. The fraction of sp³-hybridized carbons (Fsp3) is 0.447. The van der Waals surface area contributed by atoms with Gasteiger partial charge in [0, 0.05) is 63.2 Å². The van der Waals surface area contributed by atoms with E-state index < -0.39 is 6.29 Å². The van der Waals surface area contributed by atoms with Crippen molar-refractivity contribution in [1.82, 2.24) is 19.8 Å². The summed E-state index contributed by atoms with van der Waals surface area (Å²) in [5.74, 6) is -0.0759. The van der Waals surface area contributed by atoms with Crippen LogP contribution in [-0.4, -0.2) is 63.7 Å². The molecule has 0 unspecified atom stereocenters. The lowest BCUT2D eigenvalue weighted by molar-refractivity contribution is -0.253. The molecule has 0 bridgehead atoms. The predicted molar refractivity (Wildman–Crippen MR) is 188 cm³/mol. The molecule has 0 saturated carbocycles. The number of hydrogen-bond donors (Lipinski definition) is 4. The molecule has 260 valence electrons. The maximum atomic E-state index is 12.8. The number of imidazole rings is 1. The predicted octanol–water partition coefficient (Wildman–Crippen LogP) is 5.34. The zero-order valence-corrected chi connectivity index (χ0v) is 28.1. The summed E-state index contributed by atoms with van der Waals surface area (Å²) in [5.41, 5.74) is 5.25. The van der Waals surface area contributed by atoms with Crippen molar-refractivity contribution in [3.8, 4) is 0 Å². The Hall–Kier alpha value is -4.29. The minimum atomic E-state index is -0.586. The summed E-state index contributed by atoms with van der Waals surface area (Å²) < 4.78 is 15.0. The summed E-state index contributed by atoms with van der Waals surface area (Å²) in [5, 5.41) is 15.3. The molecule has 3 aromatic carbocycles. The van der Waals surface area contributed by atoms with Crippen LogP contribution in [0.15, 0.2) is 77.6 Å². The van der Waals surface area contributed by atoms with Gasteiger partial charge in [0.05, 0.1) is 29.8 Å². The third-order valence-corrected chi connectivity index (χ3v) is 9.54. The molecule has 2 aliphatic heterocycles. The fourth-order valence-electron chi connectivity index (χ4n) is 6.92. The quantitative estimate of drug-likeness (QED) is 0.141. The number of likely N-dealkylation sites (tertiary alicyclic amines) is 1. The van der Waals surface area contributed by atoms with E-state index in [9.17, 15) is 19.5 Å². The van der Waals surface area contributed by atoms with E-state index in [1.807, 2.05) is 77.4 Å². The minimum Gasteiger partial charge on any atom is -0.392 e. The number of nitrogens with zero attached hydrogens (tertiary/aromatic N) is 2. The highest BCUT2D eigenvalue weighted by atomic mass is 16.7. The second-order valence-electron chi connectivity index (χ2n) is 13.2. The number of aromatic nitrogens is 2. The minimum absolute atomic E-state index is 0.0116. The first kappa shape index (κ1) is 34.6. The summed E-state index contributed by atoms with van der Waals surface area (Å²) in [6.45, 7) is 4.60. The summed E-state index contributed by atoms with van der Waals surface area (Å²) in [4.78, 5) is 41.7. The van der Waals surface area contributed by atoms with Gasteiger partial charge in [-0.15, -0.1) is 0 Å². The van der Waals surface area contributed by atoms with Gasteiger partial charge in [0.25, 0.3) is 0 Å². The molecule has 3 heterocycles. The number of benzene rings is 3. The zero-order chi connectivity index (χ0) is 34.2. The Morgan fingerprint density at radius 2 is 1.65 bits per heavy atom. The zero-order valence-electron chi connectivity index (χ0n) is 28.1. The van der Waals surface area contributed by atoms with E-state index in [0.717, 1.165) is 79.5 Å². The molecule has 49 heavy (non-hydrogen) atoms. The van der Waals surface area contributed by atoms with Crippen molar-refractivity contribution in [1.29, 1.82) is 0 Å². The average molecular weight is 670 g/mol. The van der Waals surface area contributed by atoms with Crippen LogP contribution >= 0.6 is 0 Å². The van der Waals surface area contributed by atoms with Gasteiger partial charge >= 0.3 is 5.69 Å². The normalized spacial score (nSPS) is 20.3. The second kappa shape index (κ2) is 16.4. The molecule has 3 atom stereocenters. The third kappa shape index (κ3) is 9.04. The third-order valence-electron chi connectivity index (χ3n) is 9.54. The van der Waals surface area contributed by atoms with Crippen LogP contribution in [0.25, 0.3) is 11.0 Å². The molecular formula is C38H47N5O6. The van der Waals surface area contributed by atoms with Crippen LogP contribution in [0.5, 0.6) is 0 Å². The Kier molecular flexibility index (Phi) is 11.6. The molecule has 0 spiro atoms. The summed E-state index contributed by atoms with van der Waals surface area (Å²) >= 11 is 0. The van der Waals surface area contributed by atoms with Gasteiger partial charge in [-0.05, 0) is 61.1 Å². The number of fused-ring (bicyclic) bond motifs is 1. The smallest absolute Gasteiger partial charge is 0.326 e. The van der Waals surface area contributed by atoms with Gasteiger partial charge in [-0.1, -0.05) is 55.0 Å². The lowest BCUT2D eigenvalue weighted by atomic mass is 9.98. The second-order valence-corrected chi connectivity index (χ2v) is 13.2. The average Bonchev–Trinajstić information content (AvgIpc) is 3.45. The van der Waals surface area contributed by atoms with Crippen molar-refractivity contribution in [2.75, 3.05) is 31.5 Å². The van der Waals surface area contributed by atoms with E-state index in [1.165, 1.54) is 6.92 Å². The van der Waals surface area contributed by atoms with Gasteiger partial charge < -0.3 is 35.1 Å². The van der Waals surface area contributed by atoms with Crippen molar-refractivity contribution in [3.63, 3.8) is 0 Å². The number of aliphatic hydroxyl groups is 1. The van der Waals surface area contributed by atoms with Gasteiger partial charge in [-0.3, -0.25) is 14.2 Å². The number of unbranched alkanes of at least 4 members (excludes halogenated alkanes) is 2. The maximum absolute atomic E-state index is 12.8. The Morgan fingerprint density at radius 3 is 2.39 bits per heavy atom. The van der Waals surface area contributed by atoms with Crippen molar-refractivity contribution in [3.05, 3.63) is 100.0 Å². The molecule has 11 nitrogen and oxygen atoms in total. The van der Waals surface area contributed by atoms with Crippen LogP contribution in [0.4, 0.5) is 5.69 Å². The number of piperidine rings is 1. The first-order valence-corrected chi connectivity index (χ1v) is 17.4. The highest BCUT2D eigenvalue weighted by Crippen LogP contribution is 2.39. The molecule has 2 aliphatic rings. The van der Waals surface area contributed by atoms with Crippen molar-refractivity contribution in [2.24, 2.45) is 0 Å². The molecule has 2 fully saturated rings. The Labute approximate surface area is 286 Å². The molecule has 4 aromatic rings. The largest absolute Gasteiger partial charge is 0.392 e. The molecule has 0 radical (unpaired) electrons. The first-order chi connectivity index (χ1) is 23.9. The standard InChI is InChI=1S/C38H47N5O6/c1-26(45)39-20-6-2-3-9-36(46)40-30-16-14-29(15-17-30)37-48-32(23-35(49-37)28-12-10-27(25-44)11-13-28)24-42-21-18-31(19-22-42)43-34-8-5-4-7-33(34)41-38(43)47/h4-5,7-8,10-17,31-32,35,37,44H,2-3,6,9,18-25H2,1H3,(H,39,45)(H,40,46)(H,41,47)/t32-,35+,37+/m1/s1. The number of amides is 2.